The summed E-state index contributed by atoms with van der Waals surface area (Å²) >= 11 is 0. The van der Waals surface area contributed by atoms with Crippen LogP contribution < -0.4 is 0 Å². The lowest BCUT2D eigenvalue weighted by atomic mass is 10.1. The quantitative estimate of drug-likeness (QED) is 0.729. The van der Waals surface area contributed by atoms with E-state index < -0.39 is 10.0 Å². The van der Waals surface area contributed by atoms with Gasteiger partial charge in [-0.25, -0.2) is 12.8 Å². The third-order valence-electron chi connectivity index (χ3n) is 4.99. The summed E-state index contributed by atoms with van der Waals surface area (Å²) in [6, 6.07) is 14.4. The molecule has 0 atom stereocenters. The first kappa shape index (κ1) is 20.0. The second kappa shape index (κ2) is 8.95. The van der Waals surface area contributed by atoms with E-state index in [1.54, 1.807) is 16.4 Å². The predicted octanol–water partition coefficient (Wildman–Crippen LogP) is 3.21. The van der Waals surface area contributed by atoms with Crippen LogP contribution in [0.2, 0.25) is 0 Å². The van der Waals surface area contributed by atoms with Crippen LogP contribution >= 0.6 is 0 Å². The summed E-state index contributed by atoms with van der Waals surface area (Å²) < 4.78 is 40.2. The Morgan fingerprint density at radius 3 is 2.37 bits per heavy atom. The molecule has 1 fully saturated rings. The van der Waals surface area contributed by atoms with Crippen LogP contribution in [-0.2, 0) is 22.2 Å². The van der Waals surface area contributed by atoms with E-state index in [4.69, 9.17) is 0 Å². The SMILES string of the molecule is Cc1cccc(CS(=O)(=O)N2CCN(CCCc3cccc(F)c3)CC2)c1. The summed E-state index contributed by atoms with van der Waals surface area (Å²) in [5.74, 6) is -0.131. The fourth-order valence-corrected chi connectivity index (χ4v) is 5.04. The number of hydrogen-bond acceptors (Lipinski definition) is 3. The normalized spacial score (nSPS) is 16.5. The first-order valence-corrected chi connectivity index (χ1v) is 11.0. The maximum absolute atomic E-state index is 13.2. The summed E-state index contributed by atoms with van der Waals surface area (Å²) in [4.78, 5) is 2.29. The number of halogens is 1. The van der Waals surface area contributed by atoms with Gasteiger partial charge >= 0.3 is 0 Å². The van der Waals surface area contributed by atoms with E-state index in [1.165, 1.54) is 6.07 Å². The summed E-state index contributed by atoms with van der Waals surface area (Å²) in [7, 11) is -3.28. The summed E-state index contributed by atoms with van der Waals surface area (Å²) in [6.07, 6.45) is 1.78. The number of piperazine rings is 1. The van der Waals surface area contributed by atoms with Gasteiger partial charge in [-0.15, -0.1) is 0 Å². The highest BCUT2D eigenvalue weighted by Crippen LogP contribution is 2.15. The number of aryl methyl sites for hydroxylation is 2. The van der Waals surface area contributed by atoms with Gasteiger partial charge in [0.15, 0.2) is 0 Å². The summed E-state index contributed by atoms with van der Waals surface area (Å²) in [5, 5.41) is 0. The smallest absolute Gasteiger partial charge is 0.218 e. The Labute approximate surface area is 161 Å². The molecule has 0 amide bonds. The van der Waals surface area contributed by atoms with Crippen LogP contribution in [0.4, 0.5) is 4.39 Å². The molecule has 0 aromatic heterocycles. The van der Waals surface area contributed by atoms with Crippen LogP contribution in [-0.4, -0.2) is 50.3 Å². The molecule has 4 nitrogen and oxygen atoms in total. The van der Waals surface area contributed by atoms with E-state index >= 15 is 0 Å². The fourth-order valence-electron chi connectivity index (χ4n) is 3.53. The van der Waals surface area contributed by atoms with Gasteiger partial charge in [0.1, 0.15) is 5.82 Å². The topological polar surface area (TPSA) is 40.6 Å². The number of benzene rings is 2. The van der Waals surface area contributed by atoms with Crippen molar-refractivity contribution >= 4 is 10.0 Å². The molecular formula is C21H27FN2O2S. The Morgan fingerprint density at radius 1 is 0.963 bits per heavy atom. The van der Waals surface area contributed by atoms with E-state index in [2.05, 4.69) is 4.90 Å². The standard InChI is InChI=1S/C21H27FN2O2S/c1-18-5-2-7-20(15-18)17-27(25,26)24-13-11-23(12-14-24)10-4-8-19-6-3-9-21(22)16-19/h2-3,5-7,9,15-16H,4,8,10-14,17H2,1H3. The minimum Gasteiger partial charge on any atom is -0.301 e. The Bertz CT molecular complexity index is 862. The van der Waals surface area contributed by atoms with Crippen molar-refractivity contribution in [1.82, 2.24) is 9.21 Å². The average Bonchev–Trinajstić information content (AvgIpc) is 2.62. The molecule has 1 saturated heterocycles. The van der Waals surface area contributed by atoms with Crippen LogP contribution in [0, 0.1) is 12.7 Å². The number of hydrogen-bond donors (Lipinski definition) is 0. The molecule has 1 heterocycles. The maximum Gasteiger partial charge on any atom is 0.218 e. The predicted molar refractivity (Wildman–Crippen MR) is 107 cm³/mol. The minimum atomic E-state index is -3.28. The van der Waals surface area contributed by atoms with Crippen molar-refractivity contribution in [2.75, 3.05) is 32.7 Å². The number of nitrogens with zero attached hydrogens (tertiary/aromatic N) is 2. The third kappa shape index (κ3) is 5.86. The molecule has 0 unspecified atom stereocenters. The molecule has 146 valence electrons. The minimum absolute atomic E-state index is 0.0637. The molecule has 0 aliphatic carbocycles. The van der Waals surface area contributed by atoms with Gasteiger partial charge in [-0.05, 0) is 49.6 Å². The van der Waals surface area contributed by atoms with Crippen molar-refractivity contribution in [2.24, 2.45) is 0 Å². The van der Waals surface area contributed by atoms with E-state index in [-0.39, 0.29) is 11.6 Å². The summed E-state index contributed by atoms with van der Waals surface area (Å²) in [6.45, 7) is 5.44. The molecule has 3 rings (SSSR count). The van der Waals surface area contributed by atoms with Gasteiger partial charge in [0.25, 0.3) is 0 Å². The van der Waals surface area contributed by atoms with Crippen molar-refractivity contribution in [1.29, 1.82) is 0 Å². The molecule has 27 heavy (non-hydrogen) atoms. The highest BCUT2D eigenvalue weighted by molar-refractivity contribution is 7.88. The molecule has 2 aromatic rings. The molecular weight excluding hydrogens is 363 g/mol. The zero-order chi connectivity index (χ0) is 19.3. The lowest BCUT2D eigenvalue weighted by Crippen LogP contribution is -2.49. The zero-order valence-electron chi connectivity index (χ0n) is 15.8. The first-order valence-electron chi connectivity index (χ1n) is 9.42. The highest BCUT2D eigenvalue weighted by Gasteiger charge is 2.26. The first-order chi connectivity index (χ1) is 12.9. The Hall–Kier alpha value is -1.76. The highest BCUT2D eigenvalue weighted by atomic mass is 32.2. The second-order valence-electron chi connectivity index (χ2n) is 7.22. The van der Waals surface area contributed by atoms with Crippen LogP contribution in [0.25, 0.3) is 0 Å². The van der Waals surface area contributed by atoms with Gasteiger partial charge in [0.2, 0.25) is 10.0 Å². The van der Waals surface area contributed by atoms with Crippen molar-refractivity contribution in [3.05, 3.63) is 71.0 Å². The van der Waals surface area contributed by atoms with Gasteiger partial charge in [-0.1, -0.05) is 42.0 Å². The van der Waals surface area contributed by atoms with E-state index in [9.17, 15) is 12.8 Å². The van der Waals surface area contributed by atoms with Crippen LogP contribution in [0.1, 0.15) is 23.1 Å². The van der Waals surface area contributed by atoms with Crippen molar-refractivity contribution in [2.45, 2.75) is 25.5 Å². The molecule has 0 N–H and O–H groups in total. The average molecular weight is 391 g/mol. The van der Waals surface area contributed by atoms with Gasteiger partial charge in [-0.2, -0.15) is 4.31 Å². The molecule has 0 bridgehead atoms. The molecule has 6 heteroatoms. The number of sulfonamides is 1. The van der Waals surface area contributed by atoms with Gasteiger partial charge in [-0.3, -0.25) is 0 Å². The monoisotopic (exact) mass is 390 g/mol. The van der Waals surface area contributed by atoms with Crippen molar-refractivity contribution in [3.63, 3.8) is 0 Å². The molecule has 1 aliphatic rings. The van der Waals surface area contributed by atoms with Crippen molar-refractivity contribution in [3.8, 4) is 0 Å². The Morgan fingerprint density at radius 2 is 1.67 bits per heavy atom. The van der Waals surface area contributed by atoms with Gasteiger partial charge in [0, 0.05) is 26.2 Å². The van der Waals surface area contributed by atoms with Gasteiger partial charge in [0.05, 0.1) is 5.75 Å². The zero-order valence-corrected chi connectivity index (χ0v) is 16.6. The van der Waals surface area contributed by atoms with E-state index in [1.807, 2.05) is 37.3 Å². The molecule has 0 radical (unpaired) electrons. The Kier molecular flexibility index (Phi) is 6.63. The van der Waals surface area contributed by atoms with Crippen LogP contribution in [0.3, 0.4) is 0 Å². The van der Waals surface area contributed by atoms with Gasteiger partial charge < -0.3 is 4.90 Å². The van der Waals surface area contributed by atoms with Crippen LogP contribution in [0.5, 0.6) is 0 Å². The molecule has 0 spiro atoms. The number of rotatable bonds is 7. The lowest BCUT2D eigenvalue weighted by molar-refractivity contribution is 0.186. The maximum atomic E-state index is 13.2. The molecule has 2 aromatic carbocycles. The third-order valence-corrected chi connectivity index (χ3v) is 6.84. The van der Waals surface area contributed by atoms with E-state index in [0.29, 0.717) is 13.1 Å². The van der Waals surface area contributed by atoms with E-state index in [0.717, 1.165) is 49.2 Å². The second-order valence-corrected chi connectivity index (χ2v) is 9.19. The lowest BCUT2D eigenvalue weighted by Gasteiger charge is -2.34. The Balaban J connectivity index is 1.45. The largest absolute Gasteiger partial charge is 0.301 e. The summed E-state index contributed by atoms with van der Waals surface area (Å²) in [5.41, 5.74) is 2.92. The van der Waals surface area contributed by atoms with Crippen LogP contribution in [0.15, 0.2) is 48.5 Å². The fraction of sp³-hybridized carbons (Fsp3) is 0.429. The van der Waals surface area contributed by atoms with Crippen molar-refractivity contribution < 1.29 is 12.8 Å². The molecule has 1 aliphatic heterocycles. The molecule has 0 saturated carbocycles.